The highest BCUT2D eigenvalue weighted by atomic mass is 19.1. The van der Waals surface area contributed by atoms with Crippen LogP contribution in [0.2, 0.25) is 0 Å². The van der Waals surface area contributed by atoms with Crippen LogP contribution >= 0.6 is 0 Å². The molecule has 1 aromatic carbocycles. The van der Waals surface area contributed by atoms with E-state index >= 15 is 0 Å². The summed E-state index contributed by atoms with van der Waals surface area (Å²) < 4.78 is 13.2. The minimum Gasteiger partial charge on any atom is -0.346 e. The smallest absolute Gasteiger partial charge is 0.139 e. The Morgan fingerprint density at radius 2 is 1.88 bits per heavy atom. The Morgan fingerprint density at radius 3 is 2.65 bits per heavy atom. The molecule has 0 spiro atoms. The molecule has 26 heavy (non-hydrogen) atoms. The highest BCUT2D eigenvalue weighted by Crippen LogP contribution is 2.30. The van der Waals surface area contributed by atoms with E-state index in [1.807, 2.05) is 37.4 Å². The highest BCUT2D eigenvalue weighted by Gasteiger charge is 2.11. The fraction of sp³-hybridized carbons (Fsp3) is 0.0476. The Hall–Kier alpha value is -3.47. The van der Waals surface area contributed by atoms with Crippen molar-refractivity contribution in [1.82, 2.24) is 15.0 Å². The minimum absolute atomic E-state index is 0.266. The van der Waals surface area contributed by atoms with Gasteiger partial charge in [-0.05, 0) is 61.0 Å². The van der Waals surface area contributed by atoms with E-state index in [1.54, 1.807) is 18.3 Å². The second-order valence-corrected chi connectivity index (χ2v) is 6.10. The van der Waals surface area contributed by atoms with Crippen LogP contribution in [0.25, 0.3) is 27.9 Å². The molecule has 2 N–H and O–H groups in total. The lowest BCUT2D eigenvalue weighted by atomic mass is 10.1. The Morgan fingerprint density at radius 1 is 1.08 bits per heavy atom. The van der Waals surface area contributed by atoms with Gasteiger partial charge in [0.1, 0.15) is 17.3 Å². The van der Waals surface area contributed by atoms with Crippen molar-refractivity contribution in [2.24, 2.45) is 0 Å². The number of rotatable bonds is 4. The van der Waals surface area contributed by atoms with Crippen LogP contribution in [0.3, 0.4) is 0 Å². The van der Waals surface area contributed by atoms with Gasteiger partial charge in [0, 0.05) is 28.9 Å². The van der Waals surface area contributed by atoms with Crippen molar-refractivity contribution in [3.05, 3.63) is 78.9 Å². The number of hydrogen-bond acceptors (Lipinski definition) is 3. The molecule has 0 fully saturated rings. The molecule has 4 rings (SSSR count). The lowest BCUT2D eigenvalue weighted by Gasteiger charge is -2.14. The molecular weight excluding hydrogens is 327 g/mol. The largest absolute Gasteiger partial charge is 0.346 e. The zero-order valence-electron chi connectivity index (χ0n) is 14.3. The first-order chi connectivity index (χ1) is 12.6. The standard InChI is InChI=1S/C21H17FN4/c1-13(2)16-7-8-18(14-3-5-15(22)6-4-14)25-21(16)26-19-10-12-24-20-17(19)9-11-23-20/h3-12H,1H2,2H3,(H2,23,24,25,26). The van der Waals surface area contributed by atoms with Crippen molar-refractivity contribution >= 4 is 28.1 Å². The zero-order chi connectivity index (χ0) is 18.1. The predicted octanol–water partition coefficient (Wildman–Crippen LogP) is 5.54. The number of pyridine rings is 2. The van der Waals surface area contributed by atoms with Crippen LogP contribution in [-0.2, 0) is 0 Å². The molecule has 0 radical (unpaired) electrons. The van der Waals surface area contributed by atoms with Gasteiger partial charge in [-0.2, -0.15) is 0 Å². The maximum Gasteiger partial charge on any atom is 0.139 e. The molecule has 4 aromatic rings. The monoisotopic (exact) mass is 344 g/mol. The first-order valence-electron chi connectivity index (χ1n) is 8.24. The molecule has 3 aromatic heterocycles. The van der Waals surface area contributed by atoms with Crippen LogP contribution < -0.4 is 5.32 Å². The van der Waals surface area contributed by atoms with E-state index in [4.69, 9.17) is 4.98 Å². The number of benzene rings is 1. The summed E-state index contributed by atoms with van der Waals surface area (Å²) in [6.07, 6.45) is 3.59. The average molecular weight is 344 g/mol. The Balaban J connectivity index is 1.80. The van der Waals surface area contributed by atoms with Gasteiger partial charge in [0.25, 0.3) is 0 Å². The summed E-state index contributed by atoms with van der Waals surface area (Å²) in [6.45, 7) is 5.99. The van der Waals surface area contributed by atoms with Gasteiger partial charge in [-0.15, -0.1) is 0 Å². The van der Waals surface area contributed by atoms with E-state index in [1.165, 1.54) is 12.1 Å². The van der Waals surface area contributed by atoms with Gasteiger partial charge in [-0.25, -0.2) is 14.4 Å². The van der Waals surface area contributed by atoms with Gasteiger partial charge in [-0.3, -0.25) is 0 Å². The second-order valence-electron chi connectivity index (χ2n) is 6.10. The average Bonchev–Trinajstić information content (AvgIpc) is 3.12. The Bertz CT molecular complexity index is 1100. The Kier molecular flexibility index (Phi) is 3.97. The number of nitrogens with one attached hydrogen (secondary N) is 2. The molecule has 3 heterocycles. The van der Waals surface area contributed by atoms with E-state index in [2.05, 4.69) is 21.9 Å². The van der Waals surface area contributed by atoms with Crippen LogP contribution in [0.15, 0.2) is 67.5 Å². The molecule has 0 bridgehead atoms. The summed E-state index contributed by atoms with van der Waals surface area (Å²) in [4.78, 5) is 12.2. The number of anilines is 2. The van der Waals surface area contributed by atoms with E-state index in [0.717, 1.165) is 39.1 Å². The van der Waals surface area contributed by atoms with Crippen molar-refractivity contribution in [2.75, 3.05) is 5.32 Å². The first-order valence-corrected chi connectivity index (χ1v) is 8.24. The van der Waals surface area contributed by atoms with Crippen LogP contribution in [0.1, 0.15) is 12.5 Å². The topological polar surface area (TPSA) is 53.6 Å². The number of allylic oxidation sites excluding steroid dienone is 1. The maximum atomic E-state index is 13.2. The fourth-order valence-electron chi connectivity index (χ4n) is 2.88. The van der Waals surface area contributed by atoms with Gasteiger partial charge in [0.2, 0.25) is 0 Å². The molecule has 0 atom stereocenters. The molecule has 0 saturated carbocycles. The molecule has 5 heteroatoms. The summed E-state index contributed by atoms with van der Waals surface area (Å²) >= 11 is 0. The van der Waals surface area contributed by atoms with Gasteiger partial charge in [0.05, 0.1) is 11.4 Å². The van der Waals surface area contributed by atoms with E-state index in [0.29, 0.717) is 5.82 Å². The van der Waals surface area contributed by atoms with Crippen LogP contribution in [0, 0.1) is 5.82 Å². The molecule has 0 aliphatic carbocycles. The Labute approximate surface area is 150 Å². The molecule has 128 valence electrons. The highest BCUT2D eigenvalue weighted by molar-refractivity contribution is 5.92. The van der Waals surface area contributed by atoms with Gasteiger partial charge in [-0.1, -0.05) is 6.58 Å². The summed E-state index contributed by atoms with van der Waals surface area (Å²) in [6, 6.07) is 14.1. The summed E-state index contributed by atoms with van der Waals surface area (Å²) in [5.74, 6) is 0.435. The zero-order valence-corrected chi connectivity index (χ0v) is 14.3. The number of aromatic amines is 1. The normalized spacial score (nSPS) is 10.8. The molecule has 0 aliphatic rings. The molecule has 0 saturated heterocycles. The van der Waals surface area contributed by atoms with Gasteiger partial charge < -0.3 is 10.3 Å². The number of aromatic nitrogens is 3. The number of halogens is 1. The lowest BCUT2D eigenvalue weighted by molar-refractivity contribution is 0.628. The SMILES string of the molecule is C=C(C)c1ccc(-c2ccc(F)cc2)nc1Nc1ccnc2[nH]ccc12. The molecule has 0 aliphatic heterocycles. The third-order valence-electron chi connectivity index (χ3n) is 4.21. The minimum atomic E-state index is -0.266. The second kappa shape index (κ2) is 6.44. The fourth-order valence-corrected chi connectivity index (χ4v) is 2.88. The van der Waals surface area contributed by atoms with E-state index in [-0.39, 0.29) is 5.82 Å². The summed E-state index contributed by atoms with van der Waals surface area (Å²) in [5, 5.41) is 4.38. The van der Waals surface area contributed by atoms with Crippen LogP contribution in [-0.4, -0.2) is 15.0 Å². The number of H-pyrrole nitrogens is 1. The quantitative estimate of drug-likeness (QED) is 0.511. The van der Waals surface area contributed by atoms with Crippen LogP contribution in [0.5, 0.6) is 0 Å². The van der Waals surface area contributed by atoms with E-state index < -0.39 is 0 Å². The maximum absolute atomic E-state index is 13.2. The lowest BCUT2D eigenvalue weighted by Crippen LogP contribution is -2.00. The molecule has 0 unspecified atom stereocenters. The third-order valence-corrected chi connectivity index (χ3v) is 4.21. The third kappa shape index (κ3) is 2.95. The predicted molar refractivity (Wildman–Crippen MR) is 104 cm³/mol. The summed E-state index contributed by atoms with van der Waals surface area (Å²) in [5.41, 5.74) is 5.16. The first kappa shape index (κ1) is 16.0. The van der Waals surface area contributed by atoms with Crippen molar-refractivity contribution < 1.29 is 4.39 Å². The molecule has 0 amide bonds. The number of nitrogens with zero attached hydrogens (tertiary/aromatic N) is 2. The van der Waals surface area contributed by atoms with Crippen molar-refractivity contribution in [3.63, 3.8) is 0 Å². The van der Waals surface area contributed by atoms with Gasteiger partial charge >= 0.3 is 0 Å². The number of hydrogen-bond donors (Lipinski definition) is 2. The number of fused-ring (bicyclic) bond motifs is 1. The van der Waals surface area contributed by atoms with Gasteiger partial charge in [0.15, 0.2) is 0 Å². The van der Waals surface area contributed by atoms with Crippen LogP contribution in [0.4, 0.5) is 15.9 Å². The van der Waals surface area contributed by atoms with E-state index in [9.17, 15) is 4.39 Å². The summed E-state index contributed by atoms with van der Waals surface area (Å²) in [7, 11) is 0. The van der Waals surface area contributed by atoms with Crippen molar-refractivity contribution in [1.29, 1.82) is 0 Å². The molecular formula is C21H17FN4. The van der Waals surface area contributed by atoms with Crippen molar-refractivity contribution in [3.8, 4) is 11.3 Å². The molecule has 4 nitrogen and oxygen atoms in total. The van der Waals surface area contributed by atoms with Crippen molar-refractivity contribution in [2.45, 2.75) is 6.92 Å².